The predicted molar refractivity (Wildman–Crippen MR) is 99.3 cm³/mol. The fourth-order valence-corrected chi connectivity index (χ4v) is 3.52. The number of nitrogens with one attached hydrogen (secondary N) is 1. The monoisotopic (exact) mass is 329 g/mol. The normalized spacial score (nSPS) is 11.5. The molecule has 24 heavy (non-hydrogen) atoms. The van der Waals surface area contributed by atoms with Gasteiger partial charge in [0.2, 0.25) is 0 Å². The van der Waals surface area contributed by atoms with Crippen molar-refractivity contribution in [1.82, 2.24) is 15.0 Å². The number of pyridine rings is 2. The molecule has 0 aliphatic heterocycles. The quantitative estimate of drug-likeness (QED) is 0.436. The third kappa shape index (κ3) is 1.92. The average molecular weight is 330 g/mol. The molecule has 0 atom stereocenters. The zero-order chi connectivity index (χ0) is 16.1. The molecule has 3 heterocycles. The SMILES string of the molecule is Clc1ccc2nc3[nH]c4ccccc4c3c(-c3ccncc3)c2c1. The summed E-state index contributed by atoms with van der Waals surface area (Å²) in [5, 5.41) is 4.03. The molecular weight excluding hydrogens is 318 g/mol. The van der Waals surface area contributed by atoms with Crippen LogP contribution in [0.5, 0.6) is 0 Å². The van der Waals surface area contributed by atoms with Crippen LogP contribution >= 0.6 is 11.6 Å². The van der Waals surface area contributed by atoms with Crippen molar-refractivity contribution in [2.75, 3.05) is 0 Å². The van der Waals surface area contributed by atoms with Gasteiger partial charge in [-0.05, 0) is 42.0 Å². The maximum atomic E-state index is 6.27. The lowest BCUT2D eigenvalue weighted by atomic mass is 9.97. The van der Waals surface area contributed by atoms with Gasteiger partial charge in [0.1, 0.15) is 5.65 Å². The summed E-state index contributed by atoms with van der Waals surface area (Å²) < 4.78 is 0. The van der Waals surface area contributed by atoms with Gasteiger partial charge in [-0.3, -0.25) is 4.98 Å². The number of rotatable bonds is 1. The first kappa shape index (κ1) is 13.5. The van der Waals surface area contributed by atoms with Gasteiger partial charge in [0.05, 0.1) is 5.52 Å². The van der Waals surface area contributed by atoms with Crippen LogP contribution in [0.2, 0.25) is 5.02 Å². The van der Waals surface area contributed by atoms with Crippen molar-refractivity contribution in [1.29, 1.82) is 0 Å². The second kappa shape index (κ2) is 5.05. The molecule has 4 heteroatoms. The molecule has 2 aromatic carbocycles. The molecule has 0 radical (unpaired) electrons. The lowest BCUT2D eigenvalue weighted by Crippen LogP contribution is -1.88. The van der Waals surface area contributed by atoms with Gasteiger partial charge in [0.15, 0.2) is 0 Å². The largest absolute Gasteiger partial charge is 0.339 e. The standard InChI is InChI=1S/C20H12ClN3/c21-13-5-6-17-15(11-13)18(12-7-9-22-10-8-12)19-14-3-1-2-4-16(14)23-20(19)24-17/h1-11H,(H,23,24). The summed E-state index contributed by atoms with van der Waals surface area (Å²) in [5.41, 5.74) is 5.13. The maximum absolute atomic E-state index is 6.27. The lowest BCUT2D eigenvalue weighted by Gasteiger charge is -2.09. The minimum atomic E-state index is 0.707. The van der Waals surface area contributed by atoms with Gasteiger partial charge in [-0.25, -0.2) is 4.98 Å². The van der Waals surface area contributed by atoms with Crippen molar-refractivity contribution < 1.29 is 0 Å². The van der Waals surface area contributed by atoms with Crippen LogP contribution in [0, 0.1) is 0 Å². The molecule has 1 N–H and O–H groups in total. The van der Waals surface area contributed by atoms with E-state index in [-0.39, 0.29) is 0 Å². The van der Waals surface area contributed by atoms with E-state index < -0.39 is 0 Å². The van der Waals surface area contributed by atoms with Gasteiger partial charge in [-0.15, -0.1) is 0 Å². The Morgan fingerprint density at radius 3 is 2.58 bits per heavy atom. The average Bonchev–Trinajstić information content (AvgIpc) is 2.98. The number of hydrogen-bond acceptors (Lipinski definition) is 2. The molecular formula is C20H12ClN3. The number of aromatic nitrogens is 3. The van der Waals surface area contributed by atoms with E-state index in [2.05, 4.69) is 22.1 Å². The van der Waals surface area contributed by atoms with Crippen molar-refractivity contribution in [2.24, 2.45) is 0 Å². The number of aromatic amines is 1. The number of H-pyrrole nitrogens is 1. The number of hydrogen-bond donors (Lipinski definition) is 1. The topological polar surface area (TPSA) is 41.6 Å². The van der Waals surface area contributed by atoms with Gasteiger partial charge in [-0.1, -0.05) is 29.8 Å². The molecule has 5 aromatic rings. The molecule has 0 saturated carbocycles. The van der Waals surface area contributed by atoms with E-state index >= 15 is 0 Å². The van der Waals surface area contributed by atoms with Crippen LogP contribution in [0.1, 0.15) is 0 Å². The number of halogens is 1. The van der Waals surface area contributed by atoms with E-state index in [1.54, 1.807) is 0 Å². The van der Waals surface area contributed by atoms with Crippen molar-refractivity contribution in [3.63, 3.8) is 0 Å². The lowest BCUT2D eigenvalue weighted by molar-refractivity contribution is 1.33. The van der Waals surface area contributed by atoms with Crippen LogP contribution in [-0.4, -0.2) is 15.0 Å². The fraction of sp³-hybridized carbons (Fsp3) is 0. The summed E-state index contributed by atoms with van der Waals surface area (Å²) in [6.07, 6.45) is 3.62. The summed E-state index contributed by atoms with van der Waals surface area (Å²) in [5.74, 6) is 0. The van der Waals surface area contributed by atoms with Crippen molar-refractivity contribution in [3.05, 3.63) is 72.0 Å². The summed E-state index contributed by atoms with van der Waals surface area (Å²) >= 11 is 6.27. The van der Waals surface area contributed by atoms with E-state index in [0.29, 0.717) is 5.02 Å². The third-order valence-corrected chi connectivity index (χ3v) is 4.60. The molecule has 0 saturated heterocycles. The Balaban J connectivity index is 2.08. The molecule has 0 bridgehead atoms. The molecule has 3 aromatic heterocycles. The summed E-state index contributed by atoms with van der Waals surface area (Å²) in [6, 6.07) is 18.2. The Morgan fingerprint density at radius 1 is 0.875 bits per heavy atom. The molecule has 0 amide bonds. The Kier molecular flexibility index (Phi) is 2.84. The molecule has 0 fully saturated rings. The summed E-state index contributed by atoms with van der Waals surface area (Å²) in [7, 11) is 0. The van der Waals surface area contributed by atoms with Crippen molar-refractivity contribution in [3.8, 4) is 11.1 Å². The van der Waals surface area contributed by atoms with Gasteiger partial charge in [0, 0.05) is 44.7 Å². The van der Waals surface area contributed by atoms with Crippen molar-refractivity contribution >= 4 is 44.4 Å². The van der Waals surface area contributed by atoms with Crippen LogP contribution in [-0.2, 0) is 0 Å². The molecule has 3 nitrogen and oxygen atoms in total. The number of para-hydroxylation sites is 1. The Bertz CT molecular complexity index is 1210. The van der Waals surface area contributed by atoms with Crippen LogP contribution in [0.3, 0.4) is 0 Å². The summed E-state index contributed by atoms with van der Waals surface area (Å²) in [4.78, 5) is 12.4. The Labute approximate surface area is 142 Å². The number of nitrogens with zero attached hydrogens (tertiary/aromatic N) is 2. The van der Waals surface area contributed by atoms with E-state index in [1.165, 1.54) is 0 Å². The molecule has 0 spiro atoms. The molecule has 0 aliphatic rings. The highest BCUT2D eigenvalue weighted by molar-refractivity contribution is 6.32. The highest BCUT2D eigenvalue weighted by Gasteiger charge is 2.15. The first-order chi connectivity index (χ1) is 11.8. The van der Waals surface area contributed by atoms with Gasteiger partial charge >= 0.3 is 0 Å². The van der Waals surface area contributed by atoms with Crippen molar-refractivity contribution in [2.45, 2.75) is 0 Å². The highest BCUT2D eigenvalue weighted by atomic mass is 35.5. The maximum Gasteiger partial charge on any atom is 0.139 e. The Hall–Kier alpha value is -2.91. The van der Waals surface area contributed by atoms with E-state index in [1.807, 2.05) is 54.9 Å². The fourth-order valence-electron chi connectivity index (χ4n) is 3.34. The predicted octanol–water partition coefficient (Wildman–Crippen LogP) is 5.58. The van der Waals surface area contributed by atoms with Crippen LogP contribution in [0.15, 0.2) is 67.0 Å². The smallest absolute Gasteiger partial charge is 0.139 e. The first-order valence-electron chi connectivity index (χ1n) is 7.71. The molecule has 0 unspecified atom stereocenters. The second-order valence-corrected chi connectivity index (χ2v) is 6.21. The van der Waals surface area contributed by atoms with Crippen LogP contribution in [0.25, 0.3) is 44.0 Å². The van der Waals surface area contributed by atoms with Gasteiger partial charge < -0.3 is 4.98 Å². The number of fused-ring (bicyclic) bond motifs is 4. The first-order valence-corrected chi connectivity index (χ1v) is 8.09. The zero-order valence-electron chi connectivity index (χ0n) is 12.6. The Morgan fingerprint density at radius 2 is 1.71 bits per heavy atom. The molecule has 114 valence electrons. The van der Waals surface area contributed by atoms with Crippen LogP contribution in [0.4, 0.5) is 0 Å². The van der Waals surface area contributed by atoms with E-state index in [4.69, 9.17) is 16.6 Å². The van der Waals surface area contributed by atoms with E-state index in [0.717, 1.165) is 44.0 Å². The minimum absolute atomic E-state index is 0.707. The van der Waals surface area contributed by atoms with Gasteiger partial charge in [-0.2, -0.15) is 0 Å². The second-order valence-electron chi connectivity index (χ2n) is 5.78. The summed E-state index contributed by atoms with van der Waals surface area (Å²) in [6.45, 7) is 0. The number of benzene rings is 2. The molecule has 5 rings (SSSR count). The zero-order valence-corrected chi connectivity index (χ0v) is 13.4. The third-order valence-electron chi connectivity index (χ3n) is 4.37. The molecule has 0 aliphatic carbocycles. The van der Waals surface area contributed by atoms with Gasteiger partial charge in [0.25, 0.3) is 0 Å². The van der Waals surface area contributed by atoms with Crippen LogP contribution < -0.4 is 0 Å². The minimum Gasteiger partial charge on any atom is -0.339 e. The highest BCUT2D eigenvalue weighted by Crippen LogP contribution is 2.39. The van der Waals surface area contributed by atoms with E-state index in [9.17, 15) is 0 Å².